The number of aromatic nitrogens is 2. The minimum absolute atomic E-state index is 0.278. The van der Waals surface area contributed by atoms with E-state index < -0.39 is 11.6 Å². The van der Waals surface area contributed by atoms with Crippen LogP contribution in [-0.2, 0) is 0 Å². The van der Waals surface area contributed by atoms with E-state index in [1.54, 1.807) is 0 Å². The van der Waals surface area contributed by atoms with Gasteiger partial charge in [0.05, 0.1) is 6.20 Å². The van der Waals surface area contributed by atoms with Crippen LogP contribution in [0.25, 0.3) is 0 Å². The van der Waals surface area contributed by atoms with E-state index in [2.05, 4.69) is 15.5 Å². The summed E-state index contributed by atoms with van der Waals surface area (Å²) in [5.74, 6) is -1.00. The van der Waals surface area contributed by atoms with Gasteiger partial charge in [-0.25, -0.2) is 8.78 Å². The van der Waals surface area contributed by atoms with Crippen molar-refractivity contribution < 1.29 is 8.78 Å². The average Bonchev–Trinajstić information content (AvgIpc) is 2.50. The van der Waals surface area contributed by atoms with Gasteiger partial charge in [-0.1, -0.05) is 0 Å². The van der Waals surface area contributed by atoms with Crippen molar-refractivity contribution >= 4 is 17.2 Å². The Balaban J connectivity index is 2.28. The second kappa shape index (κ2) is 3.56. The van der Waals surface area contributed by atoms with Crippen LogP contribution < -0.4 is 11.1 Å². The van der Waals surface area contributed by atoms with E-state index >= 15 is 0 Å². The van der Waals surface area contributed by atoms with Gasteiger partial charge in [-0.05, 0) is 12.1 Å². The Labute approximate surface area is 84.1 Å². The lowest BCUT2D eigenvalue weighted by Crippen LogP contribution is -1.95. The number of benzene rings is 1. The maximum atomic E-state index is 12.8. The number of nitrogen functional groups attached to an aromatic ring is 1. The van der Waals surface area contributed by atoms with Gasteiger partial charge in [-0.3, -0.25) is 5.10 Å². The summed E-state index contributed by atoms with van der Waals surface area (Å²) in [6, 6.07) is 3.12. The molecule has 4 nitrogen and oxygen atoms in total. The van der Waals surface area contributed by atoms with Gasteiger partial charge in [0.25, 0.3) is 0 Å². The second-order valence-electron chi connectivity index (χ2n) is 2.98. The first-order valence-electron chi connectivity index (χ1n) is 4.17. The monoisotopic (exact) mass is 210 g/mol. The number of hydrogen-bond donors (Lipinski definition) is 3. The highest BCUT2D eigenvalue weighted by Crippen LogP contribution is 2.21. The summed E-state index contributed by atoms with van der Waals surface area (Å²) in [5.41, 5.74) is 6.25. The first-order chi connectivity index (χ1) is 7.15. The molecule has 1 aromatic heterocycles. The quantitative estimate of drug-likeness (QED) is 0.710. The van der Waals surface area contributed by atoms with Crippen molar-refractivity contribution in [3.8, 4) is 0 Å². The van der Waals surface area contributed by atoms with Crippen molar-refractivity contribution in [1.82, 2.24) is 10.2 Å². The van der Waals surface area contributed by atoms with Crippen molar-refractivity contribution in [1.29, 1.82) is 0 Å². The van der Waals surface area contributed by atoms with Crippen molar-refractivity contribution in [2.24, 2.45) is 0 Å². The van der Waals surface area contributed by atoms with Gasteiger partial charge in [-0.2, -0.15) is 5.10 Å². The highest BCUT2D eigenvalue weighted by Gasteiger charge is 2.04. The molecule has 1 aromatic carbocycles. The van der Waals surface area contributed by atoms with Gasteiger partial charge in [0, 0.05) is 11.8 Å². The zero-order valence-electron chi connectivity index (χ0n) is 7.59. The predicted octanol–water partition coefficient (Wildman–Crippen LogP) is 2.01. The van der Waals surface area contributed by atoms with Crippen LogP contribution in [-0.4, -0.2) is 10.2 Å². The molecule has 0 spiro atoms. The minimum Gasteiger partial charge on any atom is -0.382 e. The van der Waals surface area contributed by atoms with E-state index in [0.717, 1.165) is 18.2 Å². The summed E-state index contributed by atoms with van der Waals surface area (Å²) in [4.78, 5) is 0. The Morgan fingerprint density at radius 1 is 1.20 bits per heavy atom. The van der Waals surface area contributed by atoms with E-state index in [1.807, 2.05) is 0 Å². The fourth-order valence-corrected chi connectivity index (χ4v) is 1.18. The van der Waals surface area contributed by atoms with Crippen LogP contribution in [0.4, 0.5) is 26.0 Å². The predicted molar refractivity (Wildman–Crippen MR) is 52.6 cm³/mol. The lowest BCUT2D eigenvalue weighted by atomic mass is 10.3. The number of rotatable bonds is 2. The SMILES string of the molecule is Nc1[nH]ncc1Nc1cc(F)cc(F)c1. The molecule has 0 saturated carbocycles. The van der Waals surface area contributed by atoms with Crippen LogP contribution >= 0.6 is 0 Å². The van der Waals surface area contributed by atoms with E-state index in [9.17, 15) is 8.78 Å². The molecule has 15 heavy (non-hydrogen) atoms. The average molecular weight is 210 g/mol. The van der Waals surface area contributed by atoms with Crippen LogP contribution in [0.1, 0.15) is 0 Å². The topological polar surface area (TPSA) is 66.7 Å². The standard InChI is InChI=1S/C9H8F2N4/c10-5-1-6(11)3-7(2-5)14-8-4-13-15-9(8)12/h1-4,14H,(H3,12,13,15). The smallest absolute Gasteiger partial charge is 0.143 e. The zero-order valence-corrected chi connectivity index (χ0v) is 7.59. The van der Waals surface area contributed by atoms with Gasteiger partial charge in [0.1, 0.15) is 23.1 Å². The highest BCUT2D eigenvalue weighted by atomic mass is 19.1. The lowest BCUT2D eigenvalue weighted by Gasteiger charge is -2.04. The van der Waals surface area contributed by atoms with Crippen molar-refractivity contribution in [2.45, 2.75) is 0 Å². The first kappa shape index (κ1) is 9.45. The third kappa shape index (κ3) is 2.04. The molecule has 2 rings (SSSR count). The fourth-order valence-electron chi connectivity index (χ4n) is 1.18. The fraction of sp³-hybridized carbons (Fsp3) is 0. The molecule has 2 aromatic rings. The highest BCUT2D eigenvalue weighted by molar-refractivity contribution is 5.68. The Bertz CT molecular complexity index is 460. The summed E-state index contributed by atoms with van der Waals surface area (Å²) in [6.45, 7) is 0. The third-order valence-corrected chi connectivity index (χ3v) is 1.81. The first-order valence-corrected chi connectivity index (χ1v) is 4.17. The molecule has 0 amide bonds. The summed E-state index contributed by atoms with van der Waals surface area (Å²) in [5, 5.41) is 8.89. The van der Waals surface area contributed by atoms with Crippen LogP contribution in [0.3, 0.4) is 0 Å². The largest absolute Gasteiger partial charge is 0.382 e. The van der Waals surface area contributed by atoms with Crippen molar-refractivity contribution in [2.75, 3.05) is 11.1 Å². The molecule has 0 aliphatic rings. The Morgan fingerprint density at radius 3 is 2.40 bits per heavy atom. The molecular weight excluding hydrogens is 202 g/mol. The molecule has 0 atom stereocenters. The molecule has 0 saturated heterocycles. The number of nitrogens with two attached hydrogens (primary N) is 1. The minimum atomic E-state index is -0.653. The van der Waals surface area contributed by atoms with E-state index in [-0.39, 0.29) is 5.69 Å². The maximum absolute atomic E-state index is 12.8. The molecule has 0 aliphatic heterocycles. The van der Waals surface area contributed by atoms with Crippen LogP contribution in [0.15, 0.2) is 24.4 Å². The number of nitrogens with zero attached hydrogens (tertiary/aromatic N) is 1. The Hall–Kier alpha value is -2.11. The number of halogens is 2. The zero-order chi connectivity index (χ0) is 10.8. The third-order valence-electron chi connectivity index (χ3n) is 1.81. The molecule has 0 aliphatic carbocycles. The van der Waals surface area contributed by atoms with Gasteiger partial charge in [0.2, 0.25) is 0 Å². The van der Waals surface area contributed by atoms with Gasteiger partial charge >= 0.3 is 0 Å². The van der Waals surface area contributed by atoms with Crippen molar-refractivity contribution in [3.63, 3.8) is 0 Å². The summed E-state index contributed by atoms with van der Waals surface area (Å²) in [6.07, 6.45) is 1.43. The number of anilines is 3. The maximum Gasteiger partial charge on any atom is 0.143 e. The van der Waals surface area contributed by atoms with Crippen LogP contribution in [0, 0.1) is 11.6 Å². The van der Waals surface area contributed by atoms with E-state index in [1.165, 1.54) is 6.20 Å². The van der Waals surface area contributed by atoms with Crippen LogP contribution in [0.2, 0.25) is 0 Å². The molecule has 6 heteroatoms. The Morgan fingerprint density at radius 2 is 1.87 bits per heavy atom. The van der Waals surface area contributed by atoms with E-state index in [4.69, 9.17) is 5.73 Å². The molecule has 0 unspecified atom stereocenters. The molecule has 0 radical (unpaired) electrons. The number of H-pyrrole nitrogens is 1. The second-order valence-corrected chi connectivity index (χ2v) is 2.98. The molecule has 0 bridgehead atoms. The molecule has 0 fully saturated rings. The van der Waals surface area contributed by atoms with Gasteiger partial charge < -0.3 is 11.1 Å². The Kier molecular flexibility index (Phi) is 2.24. The molecule has 4 N–H and O–H groups in total. The molecule has 1 heterocycles. The summed E-state index contributed by atoms with van der Waals surface area (Å²) < 4.78 is 25.6. The summed E-state index contributed by atoms with van der Waals surface area (Å²) >= 11 is 0. The van der Waals surface area contributed by atoms with Gasteiger partial charge in [-0.15, -0.1) is 0 Å². The normalized spacial score (nSPS) is 10.3. The van der Waals surface area contributed by atoms with E-state index in [0.29, 0.717) is 11.5 Å². The summed E-state index contributed by atoms with van der Waals surface area (Å²) in [7, 11) is 0. The van der Waals surface area contributed by atoms with Crippen LogP contribution in [0.5, 0.6) is 0 Å². The number of nitrogens with one attached hydrogen (secondary N) is 2. The molecule has 78 valence electrons. The van der Waals surface area contributed by atoms with Gasteiger partial charge in [0.15, 0.2) is 0 Å². The number of aromatic amines is 1. The molecular formula is C9H8F2N4. The van der Waals surface area contributed by atoms with Crippen molar-refractivity contribution in [3.05, 3.63) is 36.0 Å². The lowest BCUT2D eigenvalue weighted by molar-refractivity contribution is 0.584. The number of hydrogen-bond acceptors (Lipinski definition) is 3.